The van der Waals surface area contributed by atoms with E-state index in [0.29, 0.717) is 22.0 Å². The number of benzene rings is 2. The second-order valence-corrected chi connectivity index (χ2v) is 7.46. The minimum atomic E-state index is -4.54. The summed E-state index contributed by atoms with van der Waals surface area (Å²) in [6, 6.07) is 12.2. The van der Waals surface area contributed by atoms with Gasteiger partial charge < -0.3 is 15.4 Å². The molecule has 0 spiro atoms. The largest absolute Gasteiger partial charge is 0.497 e. The molecule has 1 amide bonds. The van der Waals surface area contributed by atoms with E-state index in [4.69, 9.17) is 16.3 Å². The summed E-state index contributed by atoms with van der Waals surface area (Å²) < 4.78 is 47.4. The molecule has 2 atom stereocenters. The Morgan fingerprint density at radius 2 is 1.94 bits per heavy atom. The number of para-hydroxylation sites is 1. The van der Waals surface area contributed by atoms with E-state index < -0.39 is 24.2 Å². The third kappa shape index (κ3) is 4.32. The zero-order chi connectivity index (χ0) is 22.2. The predicted molar refractivity (Wildman–Crippen MR) is 111 cm³/mol. The van der Waals surface area contributed by atoms with Crippen molar-refractivity contribution >= 4 is 29.0 Å². The van der Waals surface area contributed by atoms with E-state index in [1.165, 1.54) is 13.2 Å². The van der Waals surface area contributed by atoms with Crippen LogP contribution < -0.4 is 15.4 Å². The minimum Gasteiger partial charge on any atom is -0.497 e. The minimum absolute atomic E-state index is 0.110. The molecule has 0 saturated heterocycles. The molecule has 2 N–H and O–H groups in total. The van der Waals surface area contributed by atoms with Gasteiger partial charge in [-0.3, -0.25) is 4.79 Å². The van der Waals surface area contributed by atoms with E-state index >= 15 is 0 Å². The van der Waals surface area contributed by atoms with Crippen LogP contribution in [-0.4, -0.2) is 29.0 Å². The first kappa shape index (κ1) is 21.0. The molecule has 162 valence electrons. The van der Waals surface area contributed by atoms with Crippen LogP contribution in [0.3, 0.4) is 0 Å². The summed E-state index contributed by atoms with van der Waals surface area (Å²) in [5.74, 6) is 0.0629. The predicted octanol–water partition coefficient (Wildman–Crippen LogP) is 5.46. The van der Waals surface area contributed by atoms with Gasteiger partial charge in [-0.15, -0.1) is 0 Å². The topological polar surface area (TPSA) is 68.2 Å². The third-order valence-corrected chi connectivity index (χ3v) is 5.39. The maximum Gasteiger partial charge on any atom is 0.410 e. The van der Waals surface area contributed by atoms with Crippen LogP contribution in [0.1, 0.15) is 34.6 Å². The summed E-state index contributed by atoms with van der Waals surface area (Å²) in [6.07, 6.45) is -4.81. The number of aromatic nitrogens is 2. The van der Waals surface area contributed by atoms with Crippen LogP contribution in [0.2, 0.25) is 5.02 Å². The molecule has 0 radical (unpaired) electrons. The molecule has 3 aromatic rings. The summed E-state index contributed by atoms with van der Waals surface area (Å²) in [7, 11) is 1.52. The lowest BCUT2D eigenvalue weighted by molar-refractivity contribution is -0.173. The highest BCUT2D eigenvalue weighted by Gasteiger charge is 2.46. The smallest absolute Gasteiger partial charge is 0.410 e. The molecule has 1 aliphatic rings. The number of carbonyl (C=O) groups is 1. The lowest BCUT2D eigenvalue weighted by atomic mass is 9.97. The van der Waals surface area contributed by atoms with Gasteiger partial charge in [-0.05, 0) is 29.8 Å². The number of alkyl halides is 3. The average molecular weight is 451 g/mol. The molecule has 2 unspecified atom stereocenters. The normalized spacial score (nSPS) is 18.1. The fraction of sp³-hybridized carbons (Fsp3) is 0.238. The first-order chi connectivity index (χ1) is 14.8. The summed E-state index contributed by atoms with van der Waals surface area (Å²) >= 11 is 6.04. The van der Waals surface area contributed by atoms with Gasteiger partial charge in [0, 0.05) is 12.5 Å². The van der Waals surface area contributed by atoms with Gasteiger partial charge in [0.2, 0.25) is 0 Å². The first-order valence-electron chi connectivity index (χ1n) is 9.39. The number of amides is 1. The molecular weight excluding hydrogens is 433 g/mol. The number of ether oxygens (including phenoxy) is 1. The Morgan fingerprint density at radius 1 is 1.23 bits per heavy atom. The number of halogens is 4. The Morgan fingerprint density at radius 3 is 2.58 bits per heavy atom. The Kier molecular flexibility index (Phi) is 5.53. The standard InChI is InChI=1S/C21H18ClF3N4O2/c1-31-13-8-6-12(7-9-13)16-10-18(21(23,24)25)29-19(26-16)11-17(28-29)20(30)27-15-5-3-2-4-14(15)22/h2-9,11,16,18,26H,10H2,1H3,(H,27,30). The summed E-state index contributed by atoms with van der Waals surface area (Å²) in [4.78, 5) is 12.6. The molecule has 0 fully saturated rings. The second-order valence-electron chi connectivity index (χ2n) is 7.06. The monoisotopic (exact) mass is 450 g/mol. The van der Waals surface area contributed by atoms with Crippen molar-refractivity contribution in [3.8, 4) is 5.75 Å². The van der Waals surface area contributed by atoms with Crippen molar-refractivity contribution in [2.75, 3.05) is 17.7 Å². The van der Waals surface area contributed by atoms with Crippen molar-refractivity contribution in [3.63, 3.8) is 0 Å². The molecule has 0 saturated carbocycles. The van der Waals surface area contributed by atoms with Crippen molar-refractivity contribution in [2.45, 2.75) is 24.7 Å². The van der Waals surface area contributed by atoms with Gasteiger partial charge in [-0.1, -0.05) is 35.9 Å². The Balaban J connectivity index is 1.64. The number of nitrogens with one attached hydrogen (secondary N) is 2. The van der Waals surface area contributed by atoms with Crippen LogP contribution >= 0.6 is 11.6 Å². The molecule has 6 nitrogen and oxygen atoms in total. The second kappa shape index (κ2) is 8.14. The molecule has 10 heteroatoms. The van der Waals surface area contributed by atoms with Crippen molar-refractivity contribution in [1.29, 1.82) is 0 Å². The summed E-state index contributed by atoms with van der Waals surface area (Å²) in [5.41, 5.74) is 0.869. The number of methoxy groups -OCH3 is 1. The van der Waals surface area contributed by atoms with E-state index in [-0.39, 0.29) is 17.9 Å². The number of carbonyl (C=O) groups excluding carboxylic acids is 1. The fourth-order valence-electron chi connectivity index (χ4n) is 3.49. The zero-order valence-corrected chi connectivity index (χ0v) is 17.0. The van der Waals surface area contributed by atoms with Gasteiger partial charge in [0.15, 0.2) is 11.7 Å². The van der Waals surface area contributed by atoms with Crippen molar-refractivity contribution in [2.24, 2.45) is 0 Å². The lowest BCUT2D eigenvalue weighted by Gasteiger charge is -2.33. The van der Waals surface area contributed by atoms with Gasteiger partial charge in [0.05, 0.1) is 23.9 Å². The Bertz CT molecular complexity index is 1100. The zero-order valence-electron chi connectivity index (χ0n) is 16.3. The highest BCUT2D eigenvalue weighted by Crippen LogP contribution is 2.43. The number of anilines is 2. The first-order valence-corrected chi connectivity index (χ1v) is 9.76. The van der Waals surface area contributed by atoms with Gasteiger partial charge in [-0.2, -0.15) is 18.3 Å². The molecule has 1 aliphatic heterocycles. The summed E-state index contributed by atoms with van der Waals surface area (Å²) in [6.45, 7) is 0. The number of fused-ring (bicyclic) bond motifs is 1. The molecule has 1 aromatic heterocycles. The maximum absolute atomic E-state index is 13.8. The van der Waals surface area contributed by atoms with Crippen molar-refractivity contribution in [3.05, 3.63) is 70.9 Å². The van der Waals surface area contributed by atoms with E-state index in [2.05, 4.69) is 15.7 Å². The van der Waals surface area contributed by atoms with Crippen LogP contribution in [0.25, 0.3) is 0 Å². The van der Waals surface area contributed by atoms with E-state index in [9.17, 15) is 18.0 Å². The fourth-order valence-corrected chi connectivity index (χ4v) is 3.67. The average Bonchev–Trinajstić information content (AvgIpc) is 3.18. The molecule has 0 aliphatic carbocycles. The summed E-state index contributed by atoms with van der Waals surface area (Å²) in [5, 5.41) is 9.88. The molecule has 2 heterocycles. The number of nitrogens with zero attached hydrogens (tertiary/aromatic N) is 2. The lowest BCUT2D eigenvalue weighted by Crippen LogP contribution is -2.35. The number of hydrogen-bond acceptors (Lipinski definition) is 4. The van der Waals surface area contributed by atoms with Crippen molar-refractivity contribution < 1.29 is 22.7 Å². The van der Waals surface area contributed by atoms with Gasteiger partial charge in [-0.25, -0.2) is 4.68 Å². The molecule has 4 rings (SSSR count). The van der Waals surface area contributed by atoms with E-state index in [0.717, 1.165) is 4.68 Å². The van der Waals surface area contributed by atoms with Crippen LogP contribution in [-0.2, 0) is 0 Å². The Labute approximate surface area is 181 Å². The van der Waals surface area contributed by atoms with Crippen LogP contribution in [0.4, 0.5) is 24.7 Å². The van der Waals surface area contributed by atoms with Gasteiger partial charge in [0.1, 0.15) is 11.6 Å². The number of rotatable bonds is 4. The van der Waals surface area contributed by atoms with Crippen LogP contribution in [0.5, 0.6) is 5.75 Å². The molecule has 0 bridgehead atoms. The highest BCUT2D eigenvalue weighted by atomic mass is 35.5. The van der Waals surface area contributed by atoms with E-state index in [1.54, 1.807) is 48.5 Å². The van der Waals surface area contributed by atoms with Gasteiger partial charge in [0.25, 0.3) is 5.91 Å². The van der Waals surface area contributed by atoms with Crippen LogP contribution in [0, 0.1) is 0 Å². The molecule has 31 heavy (non-hydrogen) atoms. The Hall–Kier alpha value is -3.20. The highest BCUT2D eigenvalue weighted by molar-refractivity contribution is 6.33. The number of hydrogen-bond donors (Lipinski definition) is 2. The van der Waals surface area contributed by atoms with Crippen molar-refractivity contribution in [1.82, 2.24) is 9.78 Å². The molecule has 2 aromatic carbocycles. The van der Waals surface area contributed by atoms with E-state index in [1.807, 2.05) is 0 Å². The molecular formula is C21H18ClF3N4O2. The van der Waals surface area contributed by atoms with Gasteiger partial charge >= 0.3 is 6.18 Å². The maximum atomic E-state index is 13.8. The quantitative estimate of drug-likeness (QED) is 0.554. The SMILES string of the molecule is COc1ccc(C2CC(C(F)(F)F)n3nc(C(=O)Nc4ccccc4Cl)cc3N2)cc1. The van der Waals surface area contributed by atoms with Crippen LogP contribution in [0.15, 0.2) is 54.6 Å². The third-order valence-electron chi connectivity index (χ3n) is 5.06.